The summed E-state index contributed by atoms with van der Waals surface area (Å²) in [6.45, 7) is -0.146. The van der Waals surface area contributed by atoms with E-state index in [4.69, 9.17) is 16.3 Å². The van der Waals surface area contributed by atoms with E-state index < -0.39 is 5.97 Å². The second-order valence-corrected chi connectivity index (χ2v) is 4.48. The van der Waals surface area contributed by atoms with Gasteiger partial charge in [-0.15, -0.1) is 0 Å². The molecule has 0 saturated heterocycles. The highest BCUT2D eigenvalue weighted by molar-refractivity contribution is 6.34. The van der Waals surface area contributed by atoms with Crippen molar-refractivity contribution in [3.8, 4) is 0 Å². The lowest BCUT2D eigenvalue weighted by molar-refractivity contribution is 0.0602. The molecule has 0 heterocycles. The first-order valence-electron chi connectivity index (χ1n) is 6.00. The van der Waals surface area contributed by atoms with E-state index in [-0.39, 0.29) is 6.61 Å². The van der Waals surface area contributed by atoms with E-state index in [1.165, 1.54) is 7.11 Å². The molecule has 2 aromatic carbocycles. The Hall–Kier alpha value is -2.04. The van der Waals surface area contributed by atoms with Gasteiger partial charge in [0.25, 0.3) is 0 Å². The van der Waals surface area contributed by atoms with Gasteiger partial charge in [-0.3, -0.25) is 0 Å². The van der Waals surface area contributed by atoms with Crippen molar-refractivity contribution in [1.82, 2.24) is 0 Å². The van der Waals surface area contributed by atoms with Crippen LogP contribution in [0.2, 0.25) is 5.02 Å². The summed E-state index contributed by atoms with van der Waals surface area (Å²) in [5.41, 5.74) is 2.25. The molecule has 20 heavy (non-hydrogen) atoms. The van der Waals surface area contributed by atoms with Crippen molar-refractivity contribution in [2.75, 3.05) is 12.4 Å². The fourth-order valence-corrected chi connectivity index (χ4v) is 2.06. The molecule has 0 radical (unpaired) electrons. The molecule has 0 aliphatic carbocycles. The third-order valence-corrected chi connectivity index (χ3v) is 3.30. The fraction of sp³-hybridized carbons (Fsp3) is 0.133. The number of hydrogen-bond acceptors (Lipinski definition) is 4. The van der Waals surface area contributed by atoms with Crippen molar-refractivity contribution >= 4 is 28.9 Å². The normalized spacial score (nSPS) is 10.2. The molecule has 2 rings (SSSR count). The topological polar surface area (TPSA) is 58.6 Å². The zero-order valence-corrected chi connectivity index (χ0v) is 11.6. The molecule has 0 unspecified atom stereocenters. The molecule has 0 saturated carbocycles. The molecule has 2 aromatic rings. The molecule has 0 bridgehead atoms. The minimum absolute atomic E-state index is 0.146. The van der Waals surface area contributed by atoms with Crippen LogP contribution >= 0.6 is 11.6 Å². The number of halogens is 1. The number of carbonyl (C=O) groups is 1. The Kier molecular flexibility index (Phi) is 4.61. The minimum Gasteiger partial charge on any atom is -0.465 e. The third-order valence-electron chi connectivity index (χ3n) is 2.85. The summed E-state index contributed by atoms with van der Waals surface area (Å²) >= 11 is 6.19. The lowest BCUT2D eigenvalue weighted by atomic mass is 10.1. The van der Waals surface area contributed by atoms with Gasteiger partial charge in [0.15, 0.2) is 0 Å². The summed E-state index contributed by atoms with van der Waals surface area (Å²) in [5.74, 6) is -0.428. The number of aliphatic hydroxyl groups is 1. The smallest absolute Gasteiger partial charge is 0.339 e. The van der Waals surface area contributed by atoms with E-state index in [2.05, 4.69) is 5.32 Å². The molecule has 104 valence electrons. The Morgan fingerprint density at radius 2 is 1.90 bits per heavy atom. The number of ether oxygens (including phenoxy) is 1. The minimum atomic E-state index is -0.428. The van der Waals surface area contributed by atoms with Crippen LogP contribution in [0.4, 0.5) is 11.4 Å². The first-order chi connectivity index (χ1) is 9.67. The summed E-state index contributed by atoms with van der Waals surface area (Å²) < 4.78 is 4.74. The predicted molar refractivity (Wildman–Crippen MR) is 78.4 cm³/mol. The van der Waals surface area contributed by atoms with Gasteiger partial charge in [-0.1, -0.05) is 35.9 Å². The van der Waals surface area contributed by atoms with Crippen molar-refractivity contribution in [2.45, 2.75) is 6.61 Å². The summed E-state index contributed by atoms with van der Waals surface area (Å²) in [5, 5.41) is 12.7. The van der Waals surface area contributed by atoms with E-state index in [0.29, 0.717) is 27.5 Å². The highest BCUT2D eigenvalue weighted by Crippen LogP contribution is 2.30. The van der Waals surface area contributed by atoms with Gasteiger partial charge in [0.05, 0.1) is 35.7 Å². The molecule has 0 aliphatic heterocycles. The van der Waals surface area contributed by atoms with Crippen LogP contribution in [-0.4, -0.2) is 18.2 Å². The van der Waals surface area contributed by atoms with Crippen LogP contribution in [0.3, 0.4) is 0 Å². The molecule has 0 fully saturated rings. The average Bonchev–Trinajstić information content (AvgIpc) is 2.49. The molecule has 4 nitrogen and oxygen atoms in total. The number of benzene rings is 2. The molecule has 0 amide bonds. The molecule has 2 N–H and O–H groups in total. The number of para-hydroxylation sites is 1. The number of esters is 1. The first kappa shape index (κ1) is 14.4. The van der Waals surface area contributed by atoms with Crippen LogP contribution in [0.1, 0.15) is 15.9 Å². The van der Waals surface area contributed by atoms with Crippen molar-refractivity contribution in [3.05, 3.63) is 58.6 Å². The first-order valence-corrected chi connectivity index (χ1v) is 6.37. The van der Waals surface area contributed by atoms with Gasteiger partial charge in [-0.05, 0) is 23.8 Å². The van der Waals surface area contributed by atoms with Crippen LogP contribution in [0.15, 0.2) is 42.5 Å². The number of carbonyl (C=O) groups excluding carboxylic acids is 1. The van der Waals surface area contributed by atoms with Gasteiger partial charge in [0.1, 0.15) is 0 Å². The standard InChI is InChI=1S/C15H14ClNO3/c1-20-15(19)11-6-2-3-7-12(11)17-13-8-4-5-10(9-18)14(13)16/h2-8,17-18H,9H2,1H3. The number of nitrogens with one attached hydrogen (secondary N) is 1. The molecular formula is C15H14ClNO3. The molecule has 5 heteroatoms. The Bertz CT molecular complexity index is 628. The quantitative estimate of drug-likeness (QED) is 0.848. The van der Waals surface area contributed by atoms with E-state index in [1.54, 1.807) is 42.5 Å². The van der Waals surface area contributed by atoms with Gasteiger partial charge in [0, 0.05) is 0 Å². The Labute approximate surface area is 122 Å². The number of hydrogen-bond donors (Lipinski definition) is 2. The molecule has 0 atom stereocenters. The van der Waals surface area contributed by atoms with Gasteiger partial charge < -0.3 is 15.2 Å². The number of rotatable bonds is 4. The lowest BCUT2D eigenvalue weighted by Gasteiger charge is -2.13. The Morgan fingerprint density at radius 1 is 1.20 bits per heavy atom. The maximum absolute atomic E-state index is 11.7. The number of anilines is 2. The van der Waals surface area contributed by atoms with Gasteiger partial charge in [-0.25, -0.2) is 4.79 Å². The predicted octanol–water partition coefficient (Wildman–Crippen LogP) is 3.36. The van der Waals surface area contributed by atoms with Crippen molar-refractivity contribution in [2.24, 2.45) is 0 Å². The molecule has 0 spiro atoms. The SMILES string of the molecule is COC(=O)c1ccccc1Nc1cccc(CO)c1Cl. The average molecular weight is 292 g/mol. The monoisotopic (exact) mass is 291 g/mol. The van der Waals surface area contributed by atoms with E-state index in [9.17, 15) is 9.90 Å². The summed E-state index contributed by atoms with van der Waals surface area (Å²) in [6.07, 6.45) is 0. The number of aliphatic hydroxyl groups excluding tert-OH is 1. The largest absolute Gasteiger partial charge is 0.465 e. The lowest BCUT2D eigenvalue weighted by Crippen LogP contribution is -2.05. The Balaban J connectivity index is 2.38. The molecule has 0 aliphatic rings. The summed E-state index contributed by atoms with van der Waals surface area (Å²) in [6, 6.07) is 12.3. The fourth-order valence-electron chi connectivity index (χ4n) is 1.82. The van der Waals surface area contributed by atoms with Crippen LogP contribution in [-0.2, 0) is 11.3 Å². The highest BCUT2D eigenvalue weighted by atomic mass is 35.5. The van der Waals surface area contributed by atoms with Crippen molar-refractivity contribution in [1.29, 1.82) is 0 Å². The summed E-state index contributed by atoms with van der Waals surface area (Å²) in [7, 11) is 1.33. The van der Waals surface area contributed by atoms with Gasteiger partial charge in [0.2, 0.25) is 0 Å². The van der Waals surface area contributed by atoms with E-state index in [1.807, 2.05) is 0 Å². The summed E-state index contributed by atoms with van der Waals surface area (Å²) in [4.78, 5) is 11.7. The van der Waals surface area contributed by atoms with Crippen LogP contribution in [0.5, 0.6) is 0 Å². The van der Waals surface area contributed by atoms with Crippen molar-refractivity contribution in [3.63, 3.8) is 0 Å². The maximum Gasteiger partial charge on any atom is 0.339 e. The molecule has 0 aromatic heterocycles. The second-order valence-electron chi connectivity index (χ2n) is 4.10. The van der Waals surface area contributed by atoms with E-state index >= 15 is 0 Å². The number of methoxy groups -OCH3 is 1. The Morgan fingerprint density at radius 3 is 2.60 bits per heavy atom. The molecular weight excluding hydrogens is 278 g/mol. The van der Waals surface area contributed by atoms with Crippen LogP contribution in [0.25, 0.3) is 0 Å². The zero-order chi connectivity index (χ0) is 14.5. The van der Waals surface area contributed by atoms with Crippen LogP contribution < -0.4 is 5.32 Å². The highest BCUT2D eigenvalue weighted by Gasteiger charge is 2.12. The maximum atomic E-state index is 11.7. The van der Waals surface area contributed by atoms with Crippen molar-refractivity contribution < 1.29 is 14.6 Å². The van der Waals surface area contributed by atoms with Gasteiger partial charge >= 0.3 is 5.97 Å². The van der Waals surface area contributed by atoms with E-state index in [0.717, 1.165) is 0 Å². The van der Waals surface area contributed by atoms with Crippen LogP contribution in [0, 0.1) is 0 Å². The second kappa shape index (κ2) is 6.41. The zero-order valence-electron chi connectivity index (χ0n) is 10.9. The third kappa shape index (κ3) is 2.92. The van der Waals surface area contributed by atoms with Gasteiger partial charge in [-0.2, -0.15) is 0 Å².